The molecule has 1 aromatic carbocycles. The van der Waals surface area contributed by atoms with Gasteiger partial charge in [0.05, 0.1) is 35.3 Å². The summed E-state index contributed by atoms with van der Waals surface area (Å²) in [5, 5.41) is 4.16. The molecule has 0 atom stereocenters. The van der Waals surface area contributed by atoms with Gasteiger partial charge < -0.3 is 19.3 Å². The van der Waals surface area contributed by atoms with Gasteiger partial charge in [0.2, 0.25) is 0 Å². The summed E-state index contributed by atoms with van der Waals surface area (Å²) in [5.74, 6) is -0.546. The number of carbonyl (C=O) groups excluding carboxylic acids is 3. The van der Waals surface area contributed by atoms with Crippen LogP contribution < -0.4 is 4.74 Å². The predicted molar refractivity (Wildman–Crippen MR) is 130 cm³/mol. The lowest BCUT2D eigenvalue weighted by atomic mass is 10.1. The van der Waals surface area contributed by atoms with Crippen molar-refractivity contribution >= 4 is 18.2 Å². The van der Waals surface area contributed by atoms with Crippen molar-refractivity contribution < 1.29 is 23.9 Å². The highest BCUT2D eigenvalue weighted by molar-refractivity contribution is 6.00. The van der Waals surface area contributed by atoms with E-state index in [2.05, 4.69) is 10.1 Å². The number of pyridine rings is 1. The normalized spacial score (nSPS) is 11.0. The lowest BCUT2D eigenvalue weighted by molar-refractivity contribution is 0.0479. The van der Waals surface area contributed by atoms with Crippen LogP contribution in [0, 0.1) is 0 Å². The Kier molecular flexibility index (Phi) is 8.82. The second kappa shape index (κ2) is 12.0. The van der Waals surface area contributed by atoms with Crippen molar-refractivity contribution in [3.05, 3.63) is 65.5 Å². The standard InChI is InChI=1S/C25H29N5O5/c1-28(2)13-14-34-25(33)19-8-5-9-22(20(19)16-31)35-17-18-7-6-11-26-24(18)21-10-12-27-30(21)23(32)15-29(3)4/h5-12,16H,13-15,17H2,1-4H3. The highest BCUT2D eigenvalue weighted by Gasteiger charge is 2.19. The maximum atomic E-state index is 12.6. The van der Waals surface area contributed by atoms with Crippen LogP contribution in [0.1, 0.15) is 31.1 Å². The van der Waals surface area contributed by atoms with Crippen molar-refractivity contribution in [1.29, 1.82) is 0 Å². The van der Waals surface area contributed by atoms with Gasteiger partial charge in [0.1, 0.15) is 19.0 Å². The second-order valence-corrected chi connectivity index (χ2v) is 8.33. The van der Waals surface area contributed by atoms with Gasteiger partial charge in [0.15, 0.2) is 6.29 Å². The molecule has 0 saturated carbocycles. The van der Waals surface area contributed by atoms with Gasteiger partial charge in [-0.05, 0) is 52.5 Å². The maximum absolute atomic E-state index is 12.6. The monoisotopic (exact) mass is 479 g/mol. The molecule has 2 heterocycles. The molecule has 10 heteroatoms. The molecule has 0 aliphatic heterocycles. The molecule has 0 unspecified atom stereocenters. The summed E-state index contributed by atoms with van der Waals surface area (Å²) in [7, 11) is 7.35. The first-order valence-electron chi connectivity index (χ1n) is 11.0. The number of ether oxygens (including phenoxy) is 2. The third kappa shape index (κ3) is 6.58. The number of aldehydes is 1. The number of aromatic nitrogens is 3. The van der Waals surface area contributed by atoms with Crippen LogP contribution in [-0.4, -0.2) is 90.6 Å². The SMILES string of the molecule is CN(C)CCOC(=O)c1cccc(OCc2cccnc2-c2ccnn2C(=O)CN(C)C)c1C=O. The molecule has 0 spiro atoms. The second-order valence-electron chi connectivity index (χ2n) is 8.33. The summed E-state index contributed by atoms with van der Waals surface area (Å²) in [4.78, 5) is 45.1. The molecule has 3 rings (SSSR count). The zero-order chi connectivity index (χ0) is 25.4. The molecule has 0 aliphatic rings. The fraction of sp³-hybridized carbons (Fsp3) is 0.320. The fourth-order valence-electron chi connectivity index (χ4n) is 3.33. The van der Waals surface area contributed by atoms with Gasteiger partial charge in [-0.25, -0.2) is 4.79 Å². The van der Waals surface area contributed by atoms with Crippen LogP contribution >= 0.6 is 0 Å². The summed E-state index contributed by atoms with van der Waals surface area (Å²) < 4.78 is 12.5. The summed E-state index contributed by atoms with van der Waals surface area (Å²) in [6.45, 7) is 1.01. The zero-order valence-corrected chi connectivity index (χ0v) is 20.3. The van der Waals surface area contributed by atoms with Gasteiger partial charge in [-0.1, -0.05) is 12.1 Å². The van der Waals surface area contributed by atoms with E-state index in [1.807, 2.05) is 25.1 Å². The van der Waals surface area contributed by atoms with Crippen molar-refractivity contribution in [3.63, 3.8) is 0 Å². The molecule has 0 fully saturated rings. The lowest BCUT2D eigenvalue weighted by Gasteiger charge is -2.15. The molecular weight excluding hydrogens is 450 g/mol. The minimum absolute atomic E-state index is 0.0518. The Labute approximate surface area is 204 Å². The predicted octanol–water partition coefficient (Wildman–Crippen LogP) is 2.26. The van der Waals surface area contributed by atoms with Crippen LogP contribution in [0.25, 0.3) is 11.4 Å². The third-order valence-corrected chi connectivity index (χ3v) is 5.02. The summed E-state index contributed by atoms with van der Waals surface area (Å²) >= 11 is 0. The Morgan fingerprint density at radius 1 is 1.03 bits per heavy atom. The smallest absolute Gasteiger partial charge is 0.339 e. The quantitative estimate of drug-likeness (QED) is 0.302. The topological polar surface area (TPSA) is 107 Å². The molecule has 35 heavy (non-hydrogen) atoms. The van der Waals surface area contributed by atoms with E-state index in [4.69, 9.17) is 9.47 Å². The third-order valence-electron chi connectivity index (χ3n) is 5.02. The molecule has 10 nitrogen and oxygen atoms in total. The molecule has 0 N–H and O–H groups in total. The Morgan fingerprint density at radius 3 is 2.54 bits per heavy atom. The van der Waals surface area contributed by atoms with Gasteiger partial charge in [-0.2, -0.15) is 9.78 Å². The number of esters is 1. The Morgan fingerprint density at radius 2 is 1.83 bits per heavy atom. The van der Waals surface area contributed by atoms with E-state index in [9.17, 15) is 14.4 Å². The molecule has 0 aliphatic carbocycles. The molecule has 0 amide bonds. The van der Waals surface area contributed by atoms with E-state index in [1.54, 1.807) is 49.5 Å². The van der Waals surface area contributed by atoms with Crippen LogP contribution in [0.5, 0.6) is 5.75 Å². The number of hydrogen-bond donors (Lipinski definition) is 0. The molecule has 3 aromatic rings. The number of carbonyl (C=O) groups is 3. The molecule has 0 radical (unpaired) electrons. The van der Waals surface area contributed by atoms with E-state index in [-0.39, 0.29) is 42.5 Å². The largest absolute Gasteiger partial charge is 0.488 e. The van der Waals surface area contributed by atoms with Gasteiger partial charge >= 0.3 is 5.97 Å². The van der Waals surface area contributed by atoms with Crippen LogP contribution in [-0.2, 0) is 11.3 Å². The van der Waals surface area contributed by atoms with E-state index in [1.165, 1.54) is 16.9 Å². The number of rotatable bonds is 11. The van der Waals surface area contributed by atoms with Crippen LogP contribution in [0.2, 0.25) is 0 Å². The lowest BCUT2D eigenvalue weighted by Crippen LogP contribution is -2.27. The van der Waals surface area contributed by atoms with Crippen LogP contribution in [0.15, 0.2) is 48.8 Å². The van der Waals surface area contributed by atoms with Crippen LogP contribution in [0.3, 0.4) is 0 Å². The van der Waals surface area contributed by atoms with Gasteiger partial charge in [-0.15, -0.1) is 0 Å². The number of hydrogen-bond acceptors (Lipinski definition) is 9. The number of likely N-dealkylation sites (N-methyl/N-ethyl adjacent to an activating group) is 2. The van der Waals surface area contributed by atoms with E-state index >= 15 is 0 Å². The van der Waals surface area contributed by atoms with Crippen molar-refractivity contribution in [1.82, 2.24) is 24.6 Å². The number of benzene rings is 1. The highest BCUT2D eigenvalue weighted by atomic mass is 16.5. The van der Waals surface area contributed by atoms with Gasteiger partial charge in [0.25, 0.3) is 5.91 Å². The van der Waals surface area contributed by atoms with Gasteiger partial charge in [0, 0.05) is 18.3 Å². The summed E-state index contributed by atoms with van der Waals surface area (Å²) in [6, 6.07) is 10.0. The average Bonchev–Trinajstić information content (AvgIpc) is 3.32. The van der Waals surface area contributed by atoms with Crippen LogP contribution in [0.4, 0.5) is 0 Å². The number of nitrogens with zero attached hydrogens (tertiary/aromatic N) is 5. The Balaban J connectivity index is 1.82. The summed E-state index contributed by atoms with van der Waals surface area (Å²) in [5.41, 5.74) is 1.99. The zero-order valence-electron chi connectivity index (χ0n) is 20.3. The highest BCUT2D eigenvalue weighted by Crippen LogP contribution is 2.26. The first kappa shape index (κ1) is 25.7. The fourth-order valence-corrected chi connectivity index (χ4v) is 3.33. The van der Waals surface area contributed by atoms with Crippen molar-refractivity contribution in [2.45, 2.75) is 6.61 Å². The molecule has 0 bridgehead atoms. The average molecular weight is 480 g/mol. The van der Waals surface area contributed by atoms with E-state index < -0.39 is 5.97 Å². The van der Waals surface area contributed by atoms with Crippen molar-refractivity contribution in [2.75, 3.05) is 47.9 Å². The summed E-state index contributed by atoms with van der Waals surface area (Å²) in [6.07, 6.45) is 3.74. The maximum Gasteiger partial charge on any atom is 0.339 e. The molecule has 184 valence electrons. The molecule has 0 saturated heterocycles. The van der Waals surface area contributed by atoms with Crippen molar-refractivity contribution in [3.8, 4) is 17.1 Å². The Hall–Kier alpha value is -3.89. The minimum Gasteiger partial charge on any atom is -0.488 e. The first-order valence-corrected chi connectivity index (χ1v) is 11.0. The van der Waals surface area contributed by atoms with E-state index in [0.29, 0.717) is 29.8 Å². The van der Waals surface area contributed by atoms with Crippen molar-refractivity contribution in [2.24, 2.45) is 0 Å². The van der Waals surface area contributed by atoms with Gasteiger partial charge in [-0.3, -0.25) is 14.6 Å². The Bertz CT molecular complexity index is 1190. The van der Waals surface area contributed by atoms with E-state index in [0.717, 1.165) is 0 Å². The molecular formula is C25H29N5O5. The molecule has 2 aromatic heterocycles. The first-order chi connectivity index (χ1) is 16.8. The minimum atomic E-state index is -0.593.